The maximum atomic E-state index is 8.82. The summed E-state index contributed by atoms with van der Waals surface area (Å²) in [5.74, 6) is 1.88. The van der Waals surface area contributed by atoms with Crippen LogP contribution in [0.3, 0.4) is 0 Å². The number of hydrogen-bond donors (Lipinski definition) is 0. The van der Waals surface area contributed by atoms with Gasteiger partial charge in [-0.15, -0.1) is 11.3 Å². The average Bonchev–Trinajstić information content (AvgIpc) is 3.16. The van der Waals surface area contributed by atoms with Crippen molar-refractivity contribution in [1.29, 1.82) is 5.26 Å². The van der Waals surface area contributed by atoms with Gasteiger partial charge in [0.05, 0.1) is 12.0 Å². The maximum absolute atomic E-state index is 8.82. The highest BCUT2D eigenvalue weighted by atomic mass is 32.1. The van der Waals surface area contributed by atoms with E-state index in [9.17, 15) is 0 Å². The third kappa shape index (κ3) is 2.93. The van der Waals surface area contributed by atoms with Gasteiger partial charge in [-0.2, -0.15) is 10.2 Å². The van der Waals surface area contributed by atoms with E-state index in [1.54, 1.807) is 13.2 Å². The lowest BCUT2D eigenvalue weighted by Gasteiger charge is -2.00. The maximum Gasteiger partial charge on any atom is 0.268 e. The fourth-order valence-corrected chi connectivity index (χ4v) is 2.59. The van der Waals surface area contributed by atoms with Gasteiger partial charge >= 0.3 is 0 Å². The van der Waals surface area contributed by atoms with Gasteiger partial charge in [-0.1, -0.05) is 17.3 Å². The summed E-state index contributed by atoms with van der Waals surface area (Å²) in [5, 5.41) is 12.8. The molecule has 0 atom stereocenters. The van der Waals surface area contributed by atoms with Crippen molar-refractivity contribution < 1.29 is 9.26 Å². The first-order chi connectivity index (χ1) is 10.3. The Morgan fingerprint density at radius 2 is 2.05 bits per heavy atom. The van der Waals surface area contributed by atoms with Crippen molar-refractivity contribution in [3.05, 3.63) is 52.7 Å². The Kier molecular flexibility index (Phi) is 3.67. The molecule has 0 aliphatic carbocycles. The largest absolute Gasteiger partial charge is 0.497 e. The van der Waals surface area contributed by atoms with Crippen LogP contribution in [-0.4, -0.2) is 17.3 Å². The van der Waals surface area contributed by atoms with Crippen LogP contribution in [0.1, 0.15) is 16.3 Å². The van der Waals surface area contributed by atoms with Crippen molar-refractivity contribution in [2.45, 2.75) is 6.42 Å². The Hall–Kier alpha value is -2.65. The number of nitrogens with zero attached hydrogens (tertiary/aromatic N) is 3. The molecule has 0 aliphatic rings. The van der Waals surface area contributed by atoms with Crippen molar-refractivity contribution in [2.24, 2.45) is 0 Å². The van der Waals surface area contributed by atoms with Crippen molar-refractivity contribution in [1.82, 2.24) is 10.1 Å². The van der Waals surface area contributed by atoms with Crippen LogP contribution >= 0.6 is 11.3 Å². The number of rotatable bonds is 4. The Bertz CT molecular complexity index is 784. The summed E-state index contributed by atoms with van der Waals surface area (Å²) in [6.07, 6.45) is 0.587. The van der Waals surface area contributed by atoms with Gasteiger partial charge in [0.2, 0.25) is 0 Å². The quantitative estimate of drug-likeness (QED) is 0.739. The minimum atomic E-state index is 0.449. The number of methoxy groups -OCH3 is 1. The second kappa shape index (κ2) is 5.77. The topological polar surface area (TPSA) is 71.9 Å². The first kappa shape index (κ1) is 13.3. The summed E-state index contributed by atoms with van der Waals surface area (Å²) in [7, 11) is 1.64. The number of ether oxygens (including phenoxy) is 1. The zero-order chi connectivity index (χ0) is 14.7. The number of aromatic nitrogens is 2. The highest BCUT2D eigenvalue weighted by molar-refractivity contribution is 7.15. The van der Waals surface area contributed by atoms with Crippen LogP contribution in [0, 0.1) is 11.3 Å². The lowest BCUT2D eigenvalue weighted by Crippen LogP contribution is -1.91. The second-order valence-electron chi connectivity index (χ2n) is 4.32. The van der Waals surface area contributed by atoms with E-state index < -0.39 is 0 Å². The average molecular weight is 297 g/mol. The van der Waals surface area contributed by atoms with Crippen LogP contribution in [0.25, 0.3) is 10.8 Å². The zero-order valence-electron chi connectivity index (χ0n) is 11.2. The highest BCUT2D eigenvalue weighted by Crippen LogP contribution is 2.26. The molecule has 2 aromatic heterocycles. The molecule has 0 bridgehead atoms. The monoisotopic (exact) mass is 297 g/mol. The van der Waals surface area contributed by atoms with Gasteiger partial charge in [-0.05, 0) is 29.8 Å². The van der Waals surface area contributed by atoms with E-state index in [0.717, 1.165) is 16.2 Å². The molecule has 0 fully saturated rings. The van der Waals surface area contributed by atoms with Gasteiger partial charge in [0.25, 0.3) is 5.89 Å². The van der Waals surface area contributed by atoms with Crippen LogP contribution in [0.4, 0.5) is 0 Å². The van der Waals surface area contributed by atoms with Gasteiger partial charge in [0, 0.05) is 6.42 Å². The molecule has 0 spiro atoms. The van der Waals surface area contributed by atoms with Crippen LogP contribution in [0.5, 0.6) is 5.75 Å². The SMILES string of the molecule is COc1ccc(Cc2noc(-c3ccc(C#N)s3)n2)cc1. The summed E-state index contributed by atoms with van der Waals surface area (Å²) < 4.78 is 10.4. The molecule has 2 heterocycles. The van der Waals surface area contributed by atoms with Crippen LogP contribution in [0.2, 0.25) is 0 Å². The summed E-state index contributed by atoms with van der Waals surface area (Å²) in [6.45, 7) is 0. The molecule has 0 amide bonds. The summed E-state index contributed by atoms with van der Waals surface area (Å²) >= 11 is 1.34. The molecule has 0 saturated heterocycles. The molecule has 0 radical (unpaired) electrons. The van der Waals surface area contributed by atoms with E-state index >= 15 is 0 Å². The predicted molar refractivity (Wildman–Crippen MR) is 78.1 cm³/mol. The molecule has 104 valence electrons. The lowest BCUT2D eigenvalue weighted by atomic mass is 10.1. The van der Waals surface area contributed by atoms with E-state index in [2.05, 4.69) is 16.2 Å². The van der Waals surface area contributed by atoms with E-state index in [-0.39, 0.29) is 0 Å². The molecular weight excluding hydrogens is 286 g/mol. The normalized spacial score (nSPS) is 10.3. The van der Waals surface area contributed by atoms with Gasteiger partial charge < -0.3 is 9.26 Å². The molecule has 6 heteroatoms. The van der Waals surface area contributed by atoms with Crippen molar-refractivity contribution in [2.75, 3.05) is 7.11 Å². The first-order valence-corrected chi connectivity index (χ1v) is 7.06. The number of benzene rings is 1. The van der Waals surface area contributed by atoms with E-state index in [1.165, 1.54) is 11.3 Å². The standard InChI is InChI=1S/C15H11N3O2S/c1-19-11-4-2-10(3-5-11)8-14-17-15(20-18-14)13-7-6-12(9-16)21-13/h2-7H,8H2,1H3. The third-order valence-electron chi connectivity index (χ3n) is 2.92. The first-order valence-electron chi connectivity index (χ1n) is 6.24. The van der Waals surface area contributed by atoms with Crippen molar-refractivity contribution in [3.63, 3.8) is 0 Å². The van der Waals surface area contributed by atoms with E-state index in [4.69, 9.17) is 14.5 Å². The summed E-state index contributed by atoms with van der Waals surface area (Å²) in [6, 6.07) is 13.4. The van der Waals surface area contributed by atoms with Gasteiger partial charge in [-0.25, -0.2) is 0 Å². The van der Waals surface area contributed by atoms with Gasteiger partial charge in [0.1, 0.15) is 16.7 Å². The van der Waals surface area contributed by atoms with Crippen LogP contribution in [-0.2, 0) is 6.42 Å². The van der Waals surface area contributed by atoms with E-state index in [1.807, 2.05) is 30.3 Å². The molecule has 3 aromatic rings. The summed E-state index contributed by atoms with van der Waals surface area (Å²) in [4.78, 5) is 5.79. The third-order valence-corrected chi connectivity index (χ3v) is 3.89. The number of nitriles is 1. The van der Waals surface area contributed by atoms with Crippen LogP contribution in [0.15, 0.2) is 40.9 Å². The van der Waals surface area contributed by atoms with E-state index in [0.29, 0.717) is 23.0 Å². The Balaban J connectivity index is 1.76. The molecular formula is C15H11N3O2S. The molecule has 0 N–H and O–H groups in total. The highest BCUT2D eigenvalue weighted by Gasteiger charge is 2.11. The molecule has 0 unspecified atom stereocenters. The Morgan fingerprint density at radius 1 is 1.24 bits per heavy atom. The molecule has 0 saturated carbocycles. The molecule has 1 aromatic carbocycles. The number of thiophene rings is 1. The predicted octanol–water partition coefficient (Wildman–Crippen LogP) is 3.27. The molecule has 5 nitrogen and oxygen atoms in total. The van der Waals surface area contributed by atoms with Crippen molar-refractivity contribution >= 4 is 11.3 Å². The Morgan fingerprint density at radius 3 is 2.71 bits per heavy atom. The summed E-state index contributed by atoms with van der Waals surface area (Å²) in [5.41, 5.74) is 1.08. The Labute approximate surface area is 125 Å². The molecule has 0 aliphatic heterocycles. The van der Waals surface area contributed by atoms with Crippen LogP contribution < -0.4 is 4.74 Å². The smallest absolute Gasteiger partial charge is 0.268 e. The lowest BCUT2D eigenvalue weighted by molar-refractivity contribution is 0.414. The fourth-order valence-electron chi connectivity index (χ4n) is 1.86. The molecule has 3 rings (SSSR count). The van der Waals surface area contributed by atoms with Gasteiger partial charge in [0.15, 0.2) is 5.82 Å². The second-order valence-corrected chi connectivity index (χ2v) is 5.40. The fraction of sp³-hybridized carbons (Fsp3) is 0.133. The van der Waals surface area contributed by atoms with Crippen molar-refractivity contribution in [3.8, 4) is 22.6 Å². The minimum absolute atomic E-state index is 0.449. The minimum Gasteiger partial charge on any atom is -0.497 e. The zero-order valence-corrected chi connectivity index (χ0v) is 12.1. The molecule has 21 heavy (non-hydrogen) atoms. The number of hydrogen-bond acceptors (Lipinski definition) is 6. The van der Waals surface area contributed by atoms with Gasteiger partial charge in [-0.3, -0.25) is 0 Å².